The molecule has 246 valence electrons. The van der Waals surface area contributed by atoms with Gasteiger partial charge in [0.25, 0.3) is 0 Å². The van der Waals surface area contributed by atoms with E-state index in [2.05, 4.69) is 8.37 Å². The summed E-state index contributed by atoms with van der Waals surface area (Å²) in [6.45, 7) is 1.89. The maximum Gasteiger partial charge on any atom is 0.534 e. The van der Waals surface area contributed by atoms with Crippen LogP contribution >= 0.6 is 0 Å². The Morgan fingerprint density at radius 2 is 0.935 bits per heavy atom. The number of hydrogen-bond donors (Lipinski definition) is 0. The van der Waals surface area contributed by atoms with Crippen molar-refractivity contribution < 1.29 is 70.6 Å². The minimum atomic E-state index is -6.62. The van der Waals surface area contributed by atoms with Gasteiger partial charge >= 0.3 is 43.2 Å². The molecule has 0 bridgehead atoms. The Hall–Kier alpha value is -4.58. The average Bonchev–Trinajstić information content (AvgIpc) is 2.95. The van der Waals surface area contributed by atoms with Gasteiger partial charge in [0, 0.05) is 11.1 Å². The van der Waals surface area contributed by atoms with Crippen molar-refractivity contribution in [2.24, 2.45) is 0 Å². The summed E-state index contributed by atoms with van der Waals surface area (Å²) >= 11 is 0. The van der Waals surface area contributed by atoms with Crippen LogP contribution in [0.1, 0.15) is 34.6 Å². The normalized spacial score (nSPS) is 12.6. The second kappa shape index (κ2) is 12.3. The second-order valence-corrected chi connectivity index (χ2v) is 12.2. The molecule has 0 unspecified atom stereocenters. The molecule has 0 saturated heterocycles. The predicted octanol–water partition coefficient (Wildman–Crippen LogP) is 6.47. The van der Waals surface area contributed by atoms with E-state index in [0.29, 0.717) is 0 Å². The number of carbonyl (C=O) groups excluding carboxylic acids is 2. The van der Waals surface area contributed by atoms with E-state index >= 15 is 0 Å². The lowest BCUT2D eigenvalue weighted by atomic mass is 9.89. The van der Waals surface area contributed by atoms with E-state index in [0.717, 1.165) is 12.1 Å². The quantitative estimate of drug-likeness (QED) is 0.0829. The molecule has 0 spiro atoms. The van der Waals surface area contributed by atoms with Crippen molar-refractivity contribution in [1.29, 1.82) is 0 Å². The maximum absolute atomic E-state index is 13.7. The number of hydrogen-bond acceptors (Lipinski definition) is 10. The van der Waals surface area contributed by atoms with Crippen LogP contribution in [-0.2, 0) is 29.7 Å². The van der Waals surface area contributed by atoms with Gasteiger partial charge in [-0.2, -0.15) is 43.2 Å². The molecule has 18 heteroatoms. The molecule has 0 saturated carbocycles. The molecule has 4 rings (SSSR count). The highest BCUT2D eigenvalue weighted by atomic mass is 32.2. The van der Waals surface area contributed by atoms with Gasteiger partial charge in [-0.3, -0.25) is 0 Å². The summed E-state index contributed by atoms with van der Waals surface area (Å²) in [7, 11) is -13.2. The number of rotatable bonds is 9. The molecule has 0 fully saturated rings. The predicted molar refractivity (Wildman–Crippen MR) is 150 cm³/mol. The van der Waals surface area contributed by atoms with Gasteiger partial charge in [0.05, 0.1) is 13.2 Å². The van der Waals surface area contributed by atoms with E-state index in [9.17, 15) is 52.8 Å². The Morgan fingerprint density at radius 3 is 1.24 bits per heavy atom. The van der Waals surface area contributed by atoms with Crippen LogP contribution < -0.4 is 8.37 Å². The molecule has 0 aliphatic heterocycles. The number of carbonyl (C=O) groups is 2. The number of fused-ring (bicyclic) bond motifs is 2. The van der Waals surface area contributed by atoms with Crippen molar-refractivity contribution >= 4 is 53.7 Å². The average molecular weight is 695 g/mol. The summed E-state index contributed by atoms with van der Waals surface area (Å²) in [5.41, 5.74) is -15.8. The molecule has 0 aliphatic rings. The van der Waals surface area contributed by atoms with Crippen LogP contribution in [0.15, 0.2) is 60.7 Å². The molecule has 4 aromatic rings. The van der Waals surface area contributed by atoms with Gasteiger partial charge in [-0.25, -0.2) is 9.59 Å². The fourth-order valence-corrected chi connectivity index (χ4v) is 5.34. The van der Waals surface area contributed by atoms with Crippen molar-refractivity contribution in [1.82, 2.24) is 0 Å². The summed E-state index contributed by atoms with van der Waals surface area (Å²) < 4.78 is 150. The summed E-state index contributed by atoms with van der Waals surface area (Å²) in [5, 5.41) is -0.563. The van der Waals surface area contributed by atoms with Crippen LogP contribution in [-0.4, -0.2) is 53.0 Å². The van der Waals surface area contributed by atoms with E-state index in [1.807, 2.05) is 0 Å². The molecule has 0 amide bonds. The highest BCUT2D eigenvalue weighted by molar-refractivity contribution is 7.88. The van der Waals surface area contributed by atoms with E-state index in [1.54, 1.807) is 0 Å². The summed E-state index contributed by atoms with van der Waals surface area (Å²) in [4.78, 5) is 26.1. The molecular formula is C28H20F6O10S2. The Balaban J connectivity index is 2.36. The number of alkyl halides is 6. The Morgan fingerprint density at radius 1 is 0.609 bits per heavy atom. The van der Waals surface area contributed by atoms with Crippen LogP contribution in [0.3, 0.4) is 0 Å². The minimum absolute atomic E-state index is 0.0208. The van der Waals surface area contributed by atoms with Gasteiger partial charge in [-0.15, -0.1) is 0 Å². The number of benzene rings is 4. The summed E-state index contributed by atoms with van der Waals surface area (Å²) in [5.74, 6) is -5.65. The van der Waals surface area contributed by atoms with Crippen LogP contribution in [0, 0.1) is 0 Å². The van der Waals surface area contributed by atoms with E-state index < -0.39 is 76.9 Å². The van der Waals surface area contributed by atoms with Crippen LogP contribution in [0.2, 0.25) is 0 Å². The third-order valence-electron chi connectivity index (χ3n) is 6.20. The molecule has 0 heterocycles. The third-order valence-corrected chi connectivity index (χ3v) is 8.10. The van der Waals surface area contributed by atoms with E-state index in [1.165, 1.54) is 62.4 Å². The minimum Gasteiger partial charge on any atom is -0.462 e. The first-order valence-electron chi connectivity index (χ1n) is 12.8. The highest BCUT2D eigenvalue weighted by Gasteiger charge is 2.51. The molecule has 0 N–H and O–H groups in total. The van der Waals surface area contributed by atoms with Crippen LogP contribution in [0.25, 0.3) is 32.7 Å². The molecule has 0 aliphatic carbocycles. The fourth-order valence-electron chi connectivity index (χ4n) is 4.36. The first-order chi connectivity index (χ1) is 21.3. The second-order valence-electron chi connectivity index (χ2n) is 9.11. The van der Waals surface area contributed by atoms with Gasteiger partial charge in [0.15, 0.2) is 11.5 Å². The summed E-state index contributed by atoms with van der Waals surface area (Å²) in [6.07, 6.45) is 0. The summed E-state index contributed by atoms with van der Waals surface area (Å²) in [6, 6.07) is 12.1. The van der Waals surface area contributed by atoms with Crippen molar-refractivity contribution in [3.63, 3.8) is 0 Å². The fraction of sp³-hybridized carbons (Fsp3) is 0.214. The van der Waals surface area contributed by atoms with Gasteiger partial charge in [-0.05, 0) is 47.5 Å². The monoisotopic (exact) mass is 694 g/mol. The lowest BCUT2D eigenvalue weighted by Gasteiger charge is -2.23. The van der Waals surface area contributed by atoms with Gasteiger partial charge in [0.1, 0.15) is 11.1 Å². The van der Waals surface area contributed by atoms with E-state index in [-0.39, 0.29) is 34.8 Å². The molecule has 0 aromatic heterocycles. The maximum atomic E-state index is 13.7. The standard InChI is InChI=1S/C28H20F6O10S2/c1-3-41-25(35)19-13-15-9-5-7-11-17(15)21(23(19)43-45(37,38)27(29,30)31)22-18-12-8-6-10-16(18)14-20(26(36)42-4-2)24(22)44-46(39,40)28(32,33)34/h5-14H,3-4H2,1-2H3. The molecule has 0 atom stereocenters. The van der Waals surface area contributed by atoms with Gasteiger partial charge in [-0.1, -0.05) is 48.5 Å². The Kier molecular flexibility index (Phi) is 9.18. The first-order valence-corrected chi connectivity index (χ1v) is 15.6. The Bertz CT molecular complexity index is 1920. The van der Waals surface area contributed by atoms with Gasteiger partial charge in [0.2, 0.25) is 0 Å². The first kappa shape index (κ1) is 34.3. The zero-order valence-corrected chi connectivity index (χ0v) is 25.0. The Labute approximate surface area is 256 Å². The number of ether oxygens (including phenoxy) is 2. The van der Waals surface area contributed by atoms with Crippen LogP contribution in [0.5, 0.6) is 11.5 Å². The van der Waals surface area contributed by atoms with E-state index in [4.69, 9.17) is 9.47 Å². The topological polar surface area (TPSA) is 139 Å². The van der Waals surface area contributed by atoms with Crippen LogP contribution in [0.4, 0.5) is 26.3 Å². The molecule has 0 radical (unpaired) electrons. The molecule has 46 heavy (non-hydrogen) atoms. The number of esters is 2. The molecule has 4 aromatic carbocycles. The highest BCUT2D eigenvalue weighted by Crippen LogP contribution is 2.50. The third kappa shape index (κ3) is 6.39. The SMILES string of the molecule is CCOC(=O)c1cc2ccccc2c(-c2c(OS(=O)(=O)C(F)(F)F)c(C(=O)OCC)cc3ccccc23)c1OS(=O)(=O)C(F)(F)F. The lowest BCUT2D eigenvalue weighted by molar-refractivity contribution is -0.0505. The van der Waals surface area contributed by atoms with Crippen molar-refractivity contribution in [2.75, 3.05) is 13.2 Å². The van der Waals surface area contributed by atoms with Crippen molar-refractivity contribution in [2.45, 2.75) is 24.9 Å². The zero-order chi connectivity index (χ0) is 34.2. The lowest BCUT2D eigenvalue weighted by Crippen LogP contribution is -2.29. The number of halogens is 6. The van der Waals surface area contributed by atoms with Crippen molar-refractivity contribution in [3.8, 4) is 22.6 Å². The zero-order valence-electron chi connectivity index (χ0n) is 23.4. The largest absolute Gasteiger partial charge is 0.534 e. The smallest absolute Gasteiger partial charge is 0.462 e. The van der Waals surface area contributed by atoms with Gasteiger partial charge < -0.3 is 17.8 Å². The van der Waals surface area contributed by atoms with Crippen molar-refractivity contribution in [3.05, 3.63) is 71.8 Å². The molecular weight excluding hydrogens is 674 g/mol. The molecule has 10 nitrogen and oxygen atoms in total.